The van der Waals surface area contributed by atoms with Crippen molar-refractivity contribution >= 4 is 17.7 Å². The lowest BCUT2D eigenvalue weighted by atomic mass is 9.82. The van der Waals surface area contributed by atoms with Crippen LogP contribution in [0.3, 0.4) is 0 Å². The number of esters is 2. The van der Waals surface area contributed by atoms with Crippen molar-refractivity contribution in [1.29, 1.82) is 0 Å². The summed E-state index contributed by atoms with van der Waals surface area (Å²) in [5, 5.41) is 0. The highest BCUT2D eigenvalue weighted by Crippen LogP contribution is 2.41. The molecule has 5 nitrogen and oxygen atoms in total. The molecule has 0 saturated carbocycles. The molecular formula is C20H19NO4. The molecule has 1 aliphatic rings. The molecule has 0 aromatic heterocycles. The van der Waals surface area contributed by atoms with Gasteiger partial charge in [0.15, 0.2) is 0 Å². The zero-order chi connectivity index (χ0) is 17.8. The topological polar surface area (TPSA) is 65.0 Å². The Labute approximate surface area is 146 Å². The molecule has 3 atom stereocenters. The molecular weight excluding hydrogens is 318 g/mol. The van der Waals surface area contributed by atoms with Gasteiger partial charge in [0.1, 0.15) is 11.8 Å². The van der Waals surface area contributed by atoms with Gasteiger partial charge in [-0.1, -0.05) is 60.7 Å². The summed E-state index contributed by atoms with van der Waals surface area (Å²) in [4.78, 5) is 29.7. The smallest absolute Gasteiger partial charge is 0.315 e. The summed E-state index contributed by atoms with van der Waals surface area (Å²) in [5.41, 5.74) is 2.21. The third-order valence-corrected chi connectivity index (χ3v) is 4.41. The summed E-state index contributed by atoms with van der Waals surface area (Å²) >= 11 is 0. The second kappa shape index (κ2) is 7.30. The van der Waals surface area contributed by atoms with Crippen molar-refractivity contribution < 1.29 is 19.1 Å². The molecule has 2 aromatic rings. The van der Waals surface area contributed by atoms with Crippen LogP contribution in [0.4, 0.5) is 0 Å². The van der Waals surface area contributed by atoms with Crippen molar-refractivity contribution in [3.63, 3.8) is 0 Å². The summed E-state index contributed by atoms with van der Waals surface area (Å²) in [6, 6.07) is 18.3. The molecule has 3 rings (SSSR count). The van der Waals surface area contributed by atoms with Crippen LogP contribution < -0.4 is 0 Å². The van der Waals surface area contributed by atoms with E-state index in [0.29, 0.717) is 5.71 Å². The van der Waals surface area contributed by atoms with E-state index in [0.717, 1.165) is 11.1 Å². The van der Waals surface area contributed by atoms with Gasteiger partial charge in [-0.05, 0) is 11.1 Å². The molecule has 0 N–H and O–H groups in total. The molecule has 0 bridgehead atoms. The highest BCUT2D eigenvalue weighted by atomic mass is 16.5. The predicted octanol–water partition coefficient (Wildman–Crippen LogP) is 2.81. The minimum Gasteiger partial charge on any atom is -0.469 e. The maximum Gasteiger partial charge on any atom is 0.315 e. The van der Waals surface area contributed by atoms with Gasteiger partial charge in [-0.25, -0.2) is 0 Å². The van der Waals surface area contributed by atoms with Crippen molar-refractivity contribution in [2.45, 2.75) is 6.04 Å². The molecule has 0 fully saturated rings. The number of hydrogen-bond acceptors (Lipinski definition) is 5. The summed E-state index contributed by atoms with van der Waals surface area (Å²) in [6.07, 6.45) is 0. The predicted molar refractivity (Wildman–Crippen MR) is 93.2 cm³/mol. The number of carbonyl (C=O) groups is 2. The maximum atomic E-state index is 12.5. The normalized spacial score (nSPS) is 22.2. The second-order valence-corrected chi connectivity index (χ2v) is 5.79. The lowest BCUT2D eigenvalue weighted by Gasteiger charge is -2.21. The molecule has 0 saturated heterocycles. The van der Waals surface area contributed by atoms with Gasteiger partial charge in [0.05, 0.1) is 26.0 Å². The lowest BCUT2D eigenvalue weighted by molar-refractivity contribution is -0.154. The molecule has 0 amide bonds. The Bertz CT molecular complexity index is 786. The Morgan fingerprint density at radius 1 is 0.840 bits per heavy atom. The highest BCUT2D eigenvalue weighted by Gasteiger charge is 2.49. The molecule has 2 aromatic carbocycles. The fraction of sp³-hybridized carbons (Fsp3) is 0.250. The van der Waals surface area contributed by atoms with Crippen LogP contribution in [0.25, 0.3) is 0 Å². The lowest BCUT2D eigenvalue weighted by Crippen LogP contribution is -2.35. The van der Waals surface area contributed by atoms with Crippen LogP contribution >= 0.6 is 0 Å². The molecule has 25 heavy (non-hydrogen) atoms. The zero-order valence-corrected chi connectivity index (χ0v) is 14.1. The first-order valence-corrected chi connectivity index (χ1v) is 8.01. The van der Waals surface area contributed by atoms with Crippen LogP contribution in [0.2, 0.25) is 0 Å². The molecule has 5 heteroatoms. The monoisotopic (exact) mass is 337 g/mol. The number of ether oxygens (including phenoxy) is 2. The standard InChI is InChI=1S/C20H19NO4/c1-24-19(22)15-16(20(23)25-2)18(14-11-7-4-8-12-14)21-17(15)13-9-5-3-6-10-13/h3-12,15-17H,1-2H3/t15-,16+,17+/m1/s1. The van der Waals surface area contributed by atoms with Gasteiger partial charge in [0.25, 0.3) is 0 Å². The average Bonchev–Trinajstić information content (AvgIpc) is 3.08. The minimum atomic E-state index is -0.801. The van der Waals surface area contributed by atoms with E-state index in [1.54, 1.807) is 0 Å². The van der Waals surface area contributed by atoms with Crippen molar-refractivity contribution in [2.24, 2.45) is 16.8 Å². The van der Waals surface area contributed by atoms with E-state index in [2.05, 4.69) is 0 Å². The minimum absolute atomic E-state index is 0.473. The van der Waals surface area contributed by atoms with Gasteiger partial charge in [-0.15, -0.1) is 0 Å². The fourth-order valence-corrected chi connectivity index (χ4v) is 3.24. The van der Waals surface area contributed by atoms with Crippen molar-refractivity contribution in [1.82, 2.24) is 0 Å². The van der Waals surface area contributed by atoms with Gasteiger partial charge >= 0.3 is 11.9 Å². The van der Waals surface area contributed by atoms with Crippen LogP contribution in [0.15, 0.2) is 65.7 Å². The number of rotatable bonds is 4. The third-order valence-electron chi connectivity index (χ3n) is 4.41. The molecule has 1 heterocycles. The summed E-state index contributed by atoms with van der Waals surface area (Å²) < 4.78 is 9.94. The second-order valence-electron chi connectivity index (χ2n) is 5.79. The number of hydrogen-bond donors (Lipinski definition) is 0. The van der Waals surface area contributed by atoms with Crippen LogP contribution in [-0.4, -0.2) is 31.9 Å². The summed E-state index contributed by atoms with van der Waals surface area (Å²) in [7, 11) is 2.63. The van der Waals surface area contributed by atoms with E-state index >= 15 is 0 Å². The fourth-order valence-electron chi connectivity index (χ4n) is 3.24. The average molecular weight is 337 g/mol. The molecule has 0 unspecified atom stereocenters. The first-order chi connectivity index (χ1) is 12.2. The first kappa shape index (κ1) is 16.9. The molecule has 1 aliphatic heterocycles. The van der Waals surface area contributed by atoms with Crippen molar-refractivity contribution in [2.75, 3.05) is 14.2 Å². The largest absolute Gasteiger partial charge is 0.469 e. The van der Waals surface area contributed by atoms with E-state index in [1.807, 2.05) is 60.7 Å². The third kappa shape index (κ3) is 3.18. The zero-order valence-electron chi connectivity index (χ0n) is 14.1. The summed E-state index contributed by atoms with van der Waals surface area (Å²) in [6.45, 7) is 0. The van der Waals surface area contributed by atoms with E-state index in [1.165, 1.54) is 14.2 Å². The van der Waals surface area contributed by atoms with Crippen LogP contribution in [-0.2, 0) is 19.1 Å². The molecule has 0 radical (unpaired) electrons. The van der Waals surface area contributed by atoms with Gasteiger partial charge in [0.2, 0.25) is 0 Å². The Hall–Kier alpha value is -2.95. The van der Waals surface area contributed by atoms with Crippen LogP contribution in [0.5, 0.6) is 0 Å². The van der Waals surface area contributed by atoms with Gasteiger partial charge < -0.3 is 9.47 Å². The molecule has 0 spiro atoms. The Morgan fingerprint density at radius 3 is 1.96 bits per heavy atom. The maximum absolute atomic E-state index is 12.5. The first-order valence-electron chi connectivity index (χ1n) is 8.01. The SMILES string of the molecule is COC(=O)[C@@H]1C(c2ccccc2)=N[C@@H](c2ccccc2)[C@@H]1C(=O)OC. The number of benzene rings is 2. The number of carbonyl (C=O) groups excluding carboxylic acids is 2. The number of aliphatic imine (C=N–C) groups is 1. The van der Waals surface area contributed by atoms with Crippen LogP contribution in [0.1, 0.15) is 17.2 Å². The van der Waals surface area contributed by atoms with Crippen LogP contribution in [0, 0.1) is 11.8 Å². The van der Waals surface area contributed by atoms with E-state index in [-0.39, 0.29) is 0 Å². The van der Waals surface area contributed by atoms with Crippen molar-refractivity contribution in [3.8, 4) is 0 Å². The number of methoxy groups -OCH3 is 2. The Kier molecular flexibility index (Phi) is 4.93. The quantitative estimate of drug-likeness (QED) is 0.805. The van der Waals surface area contributed by atoms with Gasteiger partial charge in [-0.3, -0.25) is 14.6 Å². The molecule has 0 aliphatic carbocycles. The van der Waals surface area contributed by atoms with E-state index < -0.39 is 29.8 Å². The van der Waals surface area contributed by atoms with E-state index in [9.17, 15) is 9.59 Å². The summed E-state index contributed by atoms with van der Waals surface area (Å²) in [5.74, 6) is -2.52. The van der Waals surface area contributed by atoms with E-state index in [4.69, 9.17) is 14.5 Å². The Morgan fingerprint density at radius 2 is 1.40 bits per heavy atom. The Balaban J connectivity index is 2.14. The number of nitrogens with zero attached hydrogens (tertiary/aromatic N) is 1. The molecule has 128 valence electrons. The van der Waals surface area contributed by atoms with Gasteiger partial charge in [-0.2, -0.15) is 0 Å². The van der Waals surface area contributed by atoms with Crippen molar-refractivity contribution in [3.05, 3.63) is 71.8 Å². The van der Waals surface area contributed by atoms with Gasteiger partial charge in [0, 0.05) is 0 Å². The highest BCUT2D eigenvalue weighted by molar-refractivity contribution is 6.15.